The highest BCUT2D eigenvalue weighted by atomic mass is 16.5. The van der Waals surface area contributed by atoms with Crippen LogP contribution in [0.5, 0.6) is 5.75 Å². The zero-order valence-electron chi connectivity index (χ0n) is 11.9. The van der Waals surface area contributed by atoms with Gasteiger partial charge in [-0.15, -0.1) is 0 Å². The van der Waals surface area contributed by atoms with E-state index in [9.17, 15) is 9.59 Å². The molecule has 1 saturated carbocycles. The highest BCUT2D eigenvalue weighted by Crippen LogP contribution is 2.38. The summed E-state index contributed by atoms with van der Waals surface area (Å²) in [6.45, 7) is 0.209. The Labute approximate surface area is 123 Å². The maximum absolute atomic E-state index is 12.4. The number of hydrogen-bond donors (Lipinski definition) is 3. The first-order valence-electron chi connectivity index (χ1n) is 7.08. The lowest BCUT2D eigenvalue weighted by Crippen LogP contribution is -2.40. The molecule has 0 bridgehead atoms. The van der Waals surface area contributed by atoms with Crippen molar-refractivity contribution in [1.82, 2.24) is 0 Å². The van der Waals surface area contributed by atoms with E-state index in [1.165, 1.54) is 0 Å². The fourth-order valence-corrected chi connectivity index (χ4v) is 2.63. The molecule has 1 aromatic carbocycles. The van der Waals surface area contributed by atoms with Gasteiger partial charge < -0.3 is 21.5 Å². The van der Waals surface area contributed by atoms with Crippen molar-refractivity contribution in [2.24, 2.45) is 16.9 Å². The maximum atomic E-state index is 12.4. The van der Waals surface area contributed by atoms with Gasteiger partial charge in [0, 0.05) is 12.2 Å². The van der Waals surface area contributed by atoms with Crippen molar-refractivity contribution >= 4 is 17.5 Å². The van der Waals surface area contributed by atoms with Crippen LogP contribution in [0.3, 0.4) is 0 Å². The summed E-state index contributed by atoms with van der Waals surface area (Å²) < 4.78 is 5.16. The number of rotatable bonds is 6. The second kappa shape index (κ2) is 6.58. The molecule has 1 aliphatic carbocycles. The number of primary amides is 1. The number of carbonyl (C=O) groups is 2. The molecule has 1 aliphatic rings. The minimum Gasteiger partial charge on any atom is -0.484 e. The number of nitrogens with one attached hydrogen (secondary N) is 1. The molecule has 0 aromatic heterocycles. The molecule has 2 rings (SSSR count). The fraction of sp³-hybridized carbons (Fsp3) is 0.467. The van der Waals surface area contributed by atoms with Crippen molar-refractivity contribution in [1.29, 1.82) is 0 Å². The molecule has 6 heteroatoms. The van der Waals surface area contributed by atoms with Gasteiger partial charge in [-0.2, -0.15) is 0 Å². The normalized spacial score (nSPS) is 16.4. The standard InChI is InChI=1S/C15H21N3O3/c16-10-15(7-1-2-8-15)14(20)18-11-3-5-12(6-4-11)21-9-13(17)19/h3-6H,1-2,7-10,16H2,(H2,17,19)(H,18,20). The molecule has 0 radical (unpaired) electrons. The Morgan fingerprint density at radius 3 is 2.33 bits per heavy atom. The van der Waals surface area contributed by atoms with Gasteiger partial charge in [-0.25, -0.2) is 0 Å². The summed E-state index contributed by atoms with van der Waals surface area (Å²) in [4.78, 5) is 23.0. The van der Waals surface area contributed by atoms with Crippen molar-refractivity contribution in [3.05, 3.63) is 24.3 Å². The molecule has 0 spiro atoms. The van der Waals surface area contributed by atoms with Crippen LogP contribution in [0.2, 0.25) is 0 Å². The predicted octanol–water partition coefficient (Wildman–Crippen LogP) is 1.01. The Morgan fingerprint density at radius 2 is 1.81 bits per heavy atom. The number of amides is 2. The molecule has 0 heterocycles. The van der Waals surface area contributed by atoms with Crippen molar-refractivity contribution in [2.45, 2.75) is 25.7 Å². The van der Waals surface area contributed by atoms with Crippen molar-refractivity contribution in [2.75, 3.05) is 18.5 Å². The summed E-state index contributed by atoms with van der Waals surface area (Å²) in [6, 6.07) is 6.82. The van der Waals surface area contributed by atoms with Crippen LogP contribution < -0.4 is 21.5 Å². The van der Waals surface area contributed by atoms with E-state index in [-0.39, 0.29) is 12.5 Å². The molecular weight excluding hydrogens is 270 g/mol. The Morgan fingerprint density at radius 1 is 1.19 bits per heavy atom. The van der Waals surface area contributed by atoms with E-state index in [0.717, 1.165) is 25.7 Å². The SMILES string of the molecule is NCC1(C(=O)Nc2ccc(OCC(N)=O)cc2)CCCC1. The van der Waals surface area contributed by atoms with Crippen molar-refractivity contribution < 1.29 is 14.3 Å². The van der Waals surface area contributed by atoms with Crippen LogP contribution in [0.25, 0.3) is 0 Å². The van der Waals surface area contributed by atoms with E-state index < -0.39 is 11.3 Å². The number of ether oxygens (including phenoxy) is 1. The lowest BCUT2D eigenvalue weighted by atomic mass is 9.85. The third-order valence-corrected chi connectivity index (χ3v) is 3.93. The first-order chi connectivity index (χ1) is 10.1. The summed E-state index contributed by atoms with van der Waals surface area (Å²) in [6.07, 6.45) is 3.78. The summed E-state index contributed by atoms with van der Waals surface area (Å²) in [5, 5.41) is 2.90. The van der Waals surface area contributed by atoms with Crippen LogP contribution in [0.1, 0.15) is 25.7 Å². The van der Waals surface area contributed by atoms with Crippen LogP contribution >= 0.6 is 0 Å². The van der Waals surface area contributed by atoms with E-state index in [1.807, 2.05) is 0 Å². The van der Waals surface area contributed by atoms with Gasteiger partial charge in [0.15, 0.2) is 6.61 Å². The Hall–Kier alpha value is -2.08. The van der Waals surface area contributed by atoms with Gasteiger partial charge in [0.05, 0.1) is 5.41 Å². The predicted molar refractivity (Wildman–Crippen MR) is 79.7 cm³/mol. The first kappa shape index (κ1) is 15.3. The Kier molecular flexibility index (Phi) is 4.80. The van der Waals surface area contributed by atoms with E-state index in [4.69, 9.17) is 16.2 Å². The summed E-state index contributed by atoms with van der Waals surface area (Å²) >= 11 is 0. The molecule has 2 amide bonds. The first-order valence-corrected chi connectivity index (χ1v) is 7.08. The molecule has 1 aromatic rings. The smallest absolute Gasteiger partial charge is 0.255 e. The fourth-order valence-electron chi connectivity index (χ4n) is 2.63. The van der Waals surface area contributed by atoms with E-state index in [1.54, 1.807) is 24.3 Å². The zero-order chi connectivity index (χ0) is 15.3. The topological polar surface area (TPSA) is 107 Å². The summed E-state index contributed by atoms with van der Waals surface area (Å²) in [5.41, 5.74) is 11.1. The van der Waals surface area contributed by atoms with E-state index >= 15 is 0 Å². The highest BCUT2D eigenvalue weighted by Gasteiger charge is 2.39. The number of anilines is 1. The van der Waals surface area contributed by atoms with Crippen molar-refractivity contribution in [3.63, 3.8) is 0 Å². The van der Waals surface area contributed by atoms with Crippen LogP contribution in [0.15, 0.2) is 24.3 Å². The third kappa shape index (κ3) is 3.72. The average Bonchev–Trinajstić information content (AvgIpc) is 2.96. The van der Waals surface area contributed by atoms with Crippen molar-refractivity contribution in [3.8, 4) is 5.75 Å². The monoisotopic (exact) mass is 291 g/mol. The molecule has 6 nitrogen and oxygen atoms in total. The number of benzene rings is 1. The summed E-state index contributed by atoms with van der Waals surface area (Å²) in [5.74, 6) is -0.0204. The molecule has 1 fully saturated rings. The molecule has 5 N–H and O–H groups in total. The van der Waals surface area contributed by atoms with Gasteiger partial charge in [-0.1, -0.05) is 12.8 Å². The molecule has 0 aliphatic heterocycles. The van der Waals surface area contributed by atoms with Gasteiger partial charge in [-0.05, 0) is 37.1 Å². The van der Waals surface area contributed by atoms with E-state index in [2.05, 4.69) is 5.32 Å². The molecule has 0 saturated heterocycles. The van der Waals surface area contributed by atoms with Gasteiger partial charge in [0.2, 0.25) is 5.91 Å². The largest absolute Gasteiger partial charge is 0.484 e. The van der Waals surface area contributed by atoms with Gasteiger partial charge >= 0.3 is 0 Å². The number of nitrogens with two attached hydrogens (primary N) is 2. The van der Waals surface area contributed by atoms with E-state index in [0.29, 0.717) is 18.0 Å². The Bertz CT molecular complexity index is 507. The number of hydrogen-bond acceptors (Lipinski definition) is 4. The minimum absolute atomic E-state index is 0.0201. The van der Waals surface area contributed by atoms with Crippen LogP contribution in [-0.4, -0.2) is 25.0 Å². The zero-order valence-corrected chi connectivity index (χ0v) is 11.9. The van der Waals surface area contributed by atoms with Crippen LogP contribution in [-0.2, 0) is 9.59 Å². The Balaban J connectivity index is 1.96. The molecule has 0 unspecified atom stereocenters. The molecule has 21 heavy (non-hydrogen) atoms. The maximum Gasteiger partial charge on any atom is 0.255 e. The highest BCUT2D eigenvalue weighted by molar-refractivity contribution is 5.95. The van der Waals surface area contributed by atoms with Gasteiger partial charge in [-0.3, -0.25) is 9.59 Å². The van der Waals surface area contributed by atoms with Gasteiger partial charge in [0.25, 0.3) is 5.91 Å². The summed E-state index contributed by atoms with van der Waals surface area (Å²) in [7, 11) is 0. The van der Waals surface area contributed by atoms with Gasteiger partial charge in [0.1, 0.15) is 5.75 Å². The molecular formula is C15H21N3O3. The quantitative estimate of drug-likeness (QED) is 0.727. The number of carbonyl (C=O) groups excluding carboxylic acids is 2. The third-order valence-electron chi connectivity index (χ3n) is 3.93. The second-order valence-corrected chi connectivity index (χ2v) is 5.43. The lowest BCUT2D eigenvalue weighted by molar-refractivity contribution is -0.125. The second-order valence-electron chi connectivity index (χ2n) is 5.43. The van der Waals surface area contributed by atoms with Crippen LogP contribution in [0, 0.1) is 5.41 Å². The molecule has 0 atom stereocenters. The average molecular weight is 291 g/mol. The van der Waals surface area contributed by atoms with Crippen LogP contribution in [0.4, 0.5) is 5.69 Å². The molecule has 114 valence electrons. The minimum atomic E-state index is -0.529. The lowest BCUT2D eigenvalue weighted by Gasteiger charge is -2.25.